The van der Waals surface area contributed by atoms with Crippen molar-refractivity contribution in [1.82, 2.24) is 9.88 Å². The lowest BCUT2D eigenvalue weighted by molar-refractivity contribution is 0.0947. The molecule has 0 radical (unpaired) electrons. The van der Waals surface area contributed by atoms with Gasteiger partial charge in [0.1, 0.15) is 11.6 Å². The number of aromatic nitrogens is 1. The van der Waals surface area contributed by atoms with Crippen LogP contribution in [0.15, 0.2) is 60.9 Å². The first-order valence-electron chi connectivity index (χ1n) is 7.20. The molecule has 3 nitrogen and oxygen atoms in total. The summed E-state index contributed by atoms with van der Waals surface area (Å²) in [5, 5.41) is 3.11. The molecular formula is C18H13ClF2N2O. The fourth-order valence-corrected chi connectivity index (χ4v) is 2.63. The van der Waals surface area contributed by atoms with Crippen molar-refractivity contribution < 1.29 is 13.6 Å². The minimum absolute atomic E-state index is 0.114. The Hall–Kier alpha value is -2.66. The van der Waals surface area contributed by atoms with Gasteiger partial charge in [0, 0.05) is 35.6 Å². The van der Waals surface area contributed by atoms with Crippen molar-refractivity contribution in [2.45, 2.75) is 6.54 Å². The first-order valence-corrected chi connectivity index (χ1v) is 7.58. The molecule has 0 unspecified atom stereocenters. The van der Waals surface area contributed by atoms with Gasteiger partial charge >= 0.3 is 0 Å². The van der Waals surface area contributed by atoms with Gasteiger partial charge in [-0.05, 0) is 36.4 Å². The molecule has 1 heterocycles. The van der Waals surface area contributed by atoms with E-state index in [0.29, 0.717) is 16.7 Å². The molecule has 1 aromatic heterocycles. The smallest absolute Gasteiger partial charge is 0.254 e. The van der Waals surface area contributed by atoms with E-state index >= 15 is 0 Å². The standard InChI is InChI=1S/C18H13ClF2N2O/c19-15-4-3-5-17(23-8-1-2-9-23)14(15)11-22-18(24)13-7-6-12(20)10-16(13)21/h1-10H,11H2,(H,22,24). The zero-order valence-electron chi connectivity index (χ0n) is 12.5. The fraction of sp³-hybridized carbons (Fsp3) is 0.0556. The highest BCUT2D eigenvalue weighted by molar-refractivity contribution is 6.31. The molecule has 0 aliphatic heterocycles. The lowest BCUT2D eigenvalue weighted by Crippen LogP contribution is -2.24. The van der Waals surface area contributed by atoms with E-state index in [1.807, 2.05) is 41.2 Å². The van der Waals surface area contributed by atoms with Crippen LogP contribution in [0.2, 0.25) is 5.02 Å². The summed E-state index contributed by atoms with van der Waals surface area (Å²) in [7, 11) is 0. The Morgan fingerprint density at radius 2 is 1.83 bits per heavy atom. The Morgan fingerprint density at radius 1 is 1.08 bits per heavy atom. The maximum Gasteiger partial charge on any atom is 0.254 e. The highest BCUT2D eigenvalue weighted by Crippen LogP contribution is 2.23. The predicted molar refractivity (Wildman–Crippen MR) is 88.3 cm³/mol. The number of nitrogens with zero attached hydrogens (tertiary/aromatic N) is 1. The van der Waals surface area contributed by atoms with Crippen LogP contribution in [0, 0.1) is 11.6 Å². The van der Waals surface area contributed by atoms with Gasteiger partial charge in [0.05, 0.1) is 11.3 Å². The van der Waals surface area contributed by atoms with Crippen molar-refractivity contribution in [2.75, 3.05) is 0 Å². The zero-order valence-corrected chi connectivity index (χ0v) is 13.2. The summed E-state index contributed by atoms with van der Waals surface area (Å²) in [6, 6.07) is 12.0. The molecule has 0 atom stereocenters. The lowest BCUT2D eigenvalue weighted by Gasteiger charge is -2.13. The summed E-state index contributed by atoms with van der Waals surface area (Å²) in [6.07, 6.45) is 3.72. The molecule has 122 valence electrons. The van der Waals surface area contributed by atoms with Gasteiger partial charge in [0.2, 0.25) is 0 Å². The second-order valence-electron chi connectivity index (χ2n) is 5.13. The molecule has 24 heavy (non-hydrogen) atoms. The molecule has 6 heteroatoms. The third-order valence-corrected chi connectivity index (χ3v) is 3.93. The molecule has 0 fully saturated rings. The van der Waals surface area contributed by atoms with E-state index in [1.165, 1.54) is 0 Å². The maximum atomic E-state index is 13.7. The summed E-state index contributed by atoms with van der Waals surface area (Å²) in [5.41, 5.74) is 1.30. The van der Waals surface area contributed by atoms with Crippen LogP contribution in [0.25, 0.3) is 5.69 Å². The number of carbonyl (C=O) groups excluding carboxylic acids is 1. The molecular weight excluding hydrogens is 334 g/mol. The minimum atomic E-state index is -0.905. The topological polar surface area (TPSA) is 34.0 Å². The number of nitrogens with one attached hydrogen (secondary N) is 1. The number of hydrogen-bond donors (Lipinski definition) is 1. The van der Waals surface area contributed by atoms with Crippen LogP contribution in [-0.4, -0.2) is 10.5 Å². The Bertz CT molecular complexity index is 879. The first-order chi connectivity index (χ1) is 11.6. The van der Waals surface area contributed by atoms with E-state index in [9.17, 15) is 13.6 Å². The number of carbonyl (C=O) groups is 1. The molecule has 1 amide bonds. The molecule has 0 aliphatic carbocycles. The van der Waals surface area contributed by atoms with Gasteiger partial charge in [0.25, 0.3) is 5.91 Å². The molecule has 3 aromatic rings. The third kappa shape index (κ3) is 3.31. The Kier molecular flexibility index (Phi) is 4.62. The average Bonchev–Trinajstić information content (AvgIpc) is 3.07. The number of hydrogen-bond acceptors (Lipinski definition) is 1. The second-order valence-corrected chi connectivity index (χ2v) is 5.54. The van der Waals surface area contributed by atoms with Gasteiger partial charge in [0.15, 0.2) is 0 Å². The quantitative estimate of drug-likeness (QED) is 0.749. The highest BCUT2D eigenvalue weighted by Gasteiger charge is 2.14. The molecule has 0 bridgehead atoms. The van der Waals surface area contributed by atoms with Gasteiger partial charge in [-0.3, -0.25) is 4.79 Å². The number of halogens is 3. The van der Waals surface area contributed by atoms with E-state index < -0.39 is 17.5 Å². The monoisotopic (exact) mass is 346 g/mol. The fourth-order valence-electron chi connectivity index (χ4n) is 2.40. The maximum absolute atomic E-state index is 13.7. The van der Waals surface area contributed by atoms with E-state index in [-0.39, 0.29) is 12.1 Å². The zero-order chi connectivity index (χ0) is 17.1. The first kappa shape index (κ1) is 16.2. The van der Waals surface area contributed by atoms with Crippen molar-refractivity contribution in [3.05, 3.63) is 88.7 Å². The van der Waals surface area contributed by atoms with E-state index in [1.54, 1.807) is 6.07 Å². The lowest BCUT2D eigenvalue weighted by atomic mass is 10.1. The molecule has 1 N–H and O–H groups in total. The van der Waals surface area contributed by atoms with Crippen LogP contribution in [0.4, 0.5) is 8.78 Å². The van der Waals surface area contributed by atoms with Crippen LogP contribution in [-0.2, 0) is 6.54 Å². The van der Waals surface area contributed by atoms with Crippen molar-refractivity contribution in [2.24, 2.45) is 0 Å². The molecule has 0 saturated carbocycles. The molecule has 0 spiro atoms. The van der Waals surface area contributed by atoms with E-state index in [2.05, 4.69) is 5.32 Å². The molecule has 2 aromatic carbocycles. The number of amides is 1. The minimum Gasteiger partial charge on any atom is -0.348 e. The van der Waals surface area contributed by atoms with Gasteiger partial charge in [-0.15, -0.1) is 0 Å². The summed E-state index contributed by atoms with van der Waals surface area (Å²) in [6.45, 7) is 0.114. The molecule has 3 rings (SSSR count). The second kappa shape index (κ2) is 6.84. The van der Waals surface area contributed by atoms with Crippen molar-refractivity contribution >= 4 is 17.5 Å². The summed E-state index contributed by atoms with van der Waals surface area (Å²) in [4.78, 5) is 12.1. The van der Waals surface area contributed by atoms with Crippen LogP contribution in [0.1, 0.15) is 15.9 Å². The Balaban J connectivity index is 1.83. The molecule has 0 aliphatic rings. The van der Waals surface area contributed by atoms with Crippen LogP contribution >= 0.6 is 11.6 Å². The normalized spacial score (nSPS) is 10.6. The molecule has 0 saturated heterocycles. The Morgan fingerprint density at radius 3 is 2.54 bits per heavy atom. The summed E-state index contributed by atoms with van der Waals surface area (Å²) < 4.78 is 28.5. The van der Waals surface area contributed by atoms with Gasteiger partial charge < -0.3 is 9.88 Å². The van der Waals surface area contributed by atoms with Gasteiger partial charge in [-0.2, -0.15) is 0 Å². The van der Waals surface area contributed by atoms with Gasteiger partial charge in [-0.25, -0.2) is 8.78 Å². The predicted octanol–water partition coefficient (Wildman–Crippen LogP) is 4.34. The van der Waals surface area contributed by atoms with Crippen molar-refractivity contribution in [1.29, 1.82) is 0 Å². The van der Waals surface area contributed by atoms with Crippen LogP contribution in [0.5, 0.6) is 0 Å². The Labute approximate surface area is 142 Å². The summed E-state index contributed by atoms with van der Waals surface area (Å²) in [5.74, 6) is -2.27. The SMILES string of the molecule is O=C(NCc1c(Cl)cccc1-n1cccc1)c1ccc(F)cc1F. The largest absolute Gasteiger partial charge is 0.348 e. The van der Waals surface area contributed by atoms with Crippen LogP contribution < -0.4 is 5.32 Å². The van der Waals surface area contributed by atoms with Crippen molar-refractivity contribution in [3.63, 3.8) is 0 Å². The van der Waals surface area contributed by atoms with E-state index in [4.69, 9.17) is 11.6 Å². The highest BCUT2D eigenvalue weighted by atomic mass is 35.5. The average molecular weight is 347 g/mol. The third-order valence-electron chi connectivity index (χ3n) is 3.58. The summed E-state index contributed by atoms with van der Waals surface area (Å²) >= 11 is 6.24. The van der Waals surface area contributed by atoms with Crippen molar-refractivity contribution in [3.8, 4) is 5.69 Å². The van der Waals surface area contributed by atoms with E-state index in [0.717, 1.165) is 17.8 Å². The number of rotatable bonds is 4. The number of benzene rings is 2. The van der Waals surface area contributed by atoms with Crippen LogP contribution in [0.3, 0.4) is 0 Å². The van der Waals surface area contributed by atoms with Gasteiger partial charge in [-0.1, -0.05) is 17.7 Å².